The number of pyridine rings is 1. The molecule has 2 aromatic rings. The number of anilines is 3. The third-order valence-electron chi connectivity index (χ3n) is 9.02. The van der Waals surface area contributed by atoms with Crippen molar-refractivity contribution >= 4 is 29.1 Å². The summed E-state index contributed by atoms with van der Waals surface area (Å²) in [7, 11) is 4.11. The first-order valence-corrected chi connectivity index (χ1v) is 15.4. The quantitative estimate of drug-likeness (QED) is 0.430. The highest BCUT2D eigenvalue weighted by atomic mass is 16.5. The third kappa shape index (κ3) is 7.21. The molecule has 2 aliphatic carbocycles. The van der Waals surface area contributed by atoms with Gasteiger partial charge in [0.1, 0.15) is 5.82 Å². The fourth-order valence-corrected chi connectivity index (χ4v) is 6.39. The van der Waals surface area contributed by atoms with Crippen LogP contribution in [0.4, 0.5) is 17.2 Å². The molecule has 1 aromatic heterocycles. The molecule has 3 aliphatic rings. The first-order valence-electron chi connectivity index (χ1n) is 15.4. The maximum Gasteiger partial charge on any atom is 0.309 e. The molecule has 2 unspecified atom stereocenters. The summed E-state index contributed by atoms with van der Waals surface area (Å²) in [6, 6.07) is 12.7. The monoisotopic (exact) mass is 562 g/mol. The number of hydrogen-bond acceptors (Lipinski definition) is 7. The minimum Gasteiger partial charge on any atom is -0.463 e. The fourth-order valence-electron chi connectivity index (χ4n) is 6.39. The van der Waals surface area contributed by atoms with Gasteiger partial charge in [-0.1, -0.05) is 0 Å². The van der Waals surface area contributed by atoms with Crippen molar-refractivity contribution in [3.05, 3.63) is 48.2 Å². The lowest BCUT2D eigenvalue weighted by Gasteiger charge is -2.37. The fraction of sp³-hybridized carbons (Fsp3) is 0.606. The van der Waals surface area contributed by atoms with Crippen molar-refractivity contribution in [1.82, 2.24) is 4.98 Å². The van der Waals surface area contributed by atoms with Gasteiger partial charge in [0.15, 0.2) is 0 Å². The summed E-state index contributed by atoms with van der Waals surface area (Å²) >= 11 is 0. The number of piperidine rings is 1. The molecule has 8 nitrogen and oxygen atoms in total. The van der Waals surface area contributed by atoms with Crippen LogP contribution in [0.15, 0.2) is 42.6 Å². The smallest absolute Gasteiger partial charge is 0.309 e. The molecule has 3 fully saturated rings. The second-order valence-corrected chi connectivity index (χ2v) is 12.7. The van der Waals surface area contributed by atoms with Crippen LogP contribution < -0.4 is 14.7 Å². The normalized spacial score (nSPS) is 24.7. The van der Waals surface area contributed by atoms with Gasteiger partial charge in [0.2, 0.25) is 5.91 Å². The molecule has 1 N–H and O–H groups in total. The van der Waals surface area contributed by atoms with Gasteiger partial charge in [-0.2, -0.15) is 0 Å². The van der Waals surface area contributed by atoms with E-state index in [1.54, 1.807) is 6.20 Å². The number of nitrogens with zero attached hydrogens (tertiary/aromatic N) is 4. The van der Waals surface area contributed by atoms with Crippen LogP contribution in [0.5, 0.6) is 0 Å². The summed E-state index contributed by atoms with van der Waals surface area (Å²) in [5.74, 6) is 0.956. The highest BCUT2D eigenvalue weighted by molar-refractivity contribution is 5.94. The van der Waals surface area contributed by atoms with Gasteiger partial charge in [-0.25, -0.2) is 4.98 Å². The molecule has 1 amide bonds. The van der Waals surface area contributed by atoms with E-state index in [1.165, 1.54) is 11.4 Å². The van der Waals surface area contributed by atoms with Gasteiger partial charge in [0, 0.05) is 57.2 Å². The molecule has 0 spiro atoms. The average molecular weight is 563 g/mol. The minimum atomic E-state index is -0.303. The number of aromatic nitrogens is 1. The SMILES string of the molecule is CC(C)OC(=O)C1CC1c1ccnc(N(CC2CCN(c3ccc(N(C)C)cc3)CC2)C(=O)C2CCC(O)CC2)c1. The molecular formula is C33H46N4O4. The van der Waals surface area contributed by atoms with E-state index >= 15 is 0 Å². The molecule has 2 atom stereocenters. The highest BCUT2D eigenvalue weighted by Crippen LogP contribution is 2.49. The van der Waals surface area contributed by atoms with Gasteiger partial charge < -0.3 is 19.6 Å². The highest BCUT2D eigenvalue weighted by Gasteiger charge is 2.46. The molecule has 2 saturated carbocycles. The molecule has 5 rings (SSSR count). The maximum atomic E-state index is 14.0. The summed E-state index contributed by atoms with van der Waals surface area (Å²) in [5.41, 5.74) is 3.48. The van der Waals surface area contributed by atoms with Crippen LogP contribution in [-0.4, -0.2) is 67.9 Å². The van der Waals surface area contributed by atoms with Gasteiger partial charge >= 0.3 is 5.97 Å². The Morgan fingerprint density at radius 1 is 1.02 bits per heavy atom. The van der Waals surface area contributed by atoms with E-state index in [4.69, 9.17) is 4.74 Å². The van der Waals surface area contributed by atoms with E-state index in [2.05, 4.69) is 53.1 Å². The van der Waals surface area contributed by atoms with Crippen LogP contribution >= 0.6 is 0 Å². The molecule has 1 aromatic carbocycles. The summed E-state index contributed by atoms with van der Waals surface area (Å²) in [4.78, 5) is 37.6. The Morgan fingerprint density at radius 2 is 1.71 bits per heavy atom. The Bertz CT molecular complexity index is 1180. The summed E-state index contributed by atoms with van der Waals surface area (Å²) in [6.07, 6.45) is 6.91. The zero-order chi connectivity index (χ0) is 29.1. The lowest BCUT2D eigenvalue weighted by Crippen LogP contribution is -2.44. The average Bonchev–Trinajstić information content (AvgIpc) is 3.78. The first kappa shape index (κ1) is 29.4. The Balaban J connectivity index is 1.28. The Hall–Kier alpha value is -3.13. The van der Waals surface area contributed by atoms with Gasteiger partial charge in [-0.3, -0.25) is 14.5 Å². The summed E-state index contributed by atoms with van der Waals surface area (Å²) in [6.45, 7) is 6.31. The number of carbonyl (C=O) groups is 2. The van der Waals surface area contributed by atoms with Gasteiger partial charge in [-0.15, -0.1) is 0 Å². The van der Waals surface area contributed by atoms with Crippen LogP contribution in [0.1, 0.15) is 70.3 Å². The van der Waals surface area contributed by atoms with Crippen molar-refractivity contribution in [2.45, 2.75) is 76.9 Å². The van der Waals surface area contributed by atoms with Gasteiger partial charge in [0.05, 0.1) is 18.1 Å². The Kier molecular flexibility index (Phi) is 9.17. The second-order valence-electron chi connectivity index (χ2n) is 12.7. The maximum absolute atomic E-state index is 14.0. The second kappa shape index (κ2) is 12.8. The summed E-state index contributed by atoms with van der Waals surface area (Å²) in [5, 5.41) is 10.0. The number of esters is 1. The molecule has 41 heavy (non-hydrogen) atoms. The lowest BCUT2D eigenvalue weighted by atomic mass is 9.86. The molecule has 222 valence electrons. The largest absolute Gasteiger partial charge is 0.463 e. The molecule has 2 heterocycles. The van der Waals surface area contributed by atoms with E-state index in [0.29, 0.717) is 44.0 Å². The first-order chi connectivity index (χ1) is 19.7. The number of benzene rings is 1. The van der Waals surface area contributed by atoms with Crippen molar-refractivity contribution in [2.75, 3.05) is 48.4 Å². The van der Waals surface area contributed by atoms with Crippen molar-refractivity contribution in [3.8, 4) is 0 Å². The minimum absolute atomic E-state index is 0.0890. The predicted molar refractivity (Wildman–Crippen MR) is 162 cm³/mol. The van der Waals surface area contributed by atoms with Crippen LogP contribution in [0, 0.1) is 17.8 Å². The van der Waals surface area contributed by atoms with Crippen molar-refractivity contribution in [3.63, 3.8) is 0 Å². The number of hydrogen-bond donors (Lipinski definition) is 1. The number of aliphatic hydroxyl groups excluding tert-OH is 1. The van der Waals surface area contributed by atoms with Crippen molar-refractivity contribution in [2.24, 2.45) is 17.8 Å². The van der Waals surface area contributed by atoms with Crippen LogP contribution in [0.25, 0.3) is 0 Å². The third-order valence-corrected chi connectivity index (χ3v) is 9.02. The van der Waals surface area contributed by atoms with Crippen LogP contribution in [0.3, 0.4) is 0 Å². The summed E-state index contributed by atoms with van der Waals surface area (Å²) < 4.78 is 5.44. The number of amides is 1. The van der Waals surface area contributed by atoms with Crippen molar-refractivity contribution < 1.29 is 19.4 Å². The van der Waals surface area contributed by atoms with Crippen LogP contribution in [-0.2, 0) is 14.3 Å². The standard InChI is InChI=1S/C33H46N4O4/c1-22(2)41-33(40)30-20-29(30)25-13-16-34-31(19-25)37(32(39)24-5-11-28(38)12-6-24)21-23-14-17-36(18-15-23)27-9-7-26(8-10-27)35(3)4/h7-10,13,16,19,22-24,28-30,38H,5-6,11-12,14-15,17-18,20-21H2,1-4H3. The van der Waals surface area contributed by atoms with Crippen LogP contribution in [0.2, 0.25) is 0 Å². The molecule has 8 heteroatoms. The zero-order valence-electron chi connectivity index (χ0n) is 25.0. The molecule has 1 saturated heterocycles. The number of aliphatic hydroxyl groups is 1. The number of ether oxygens (including phenoxy) is 1. The predicted octanol–water partition coefficient (Wildman–Crippen LogP) is 5.00. The Morgan fingerprint density at radius 3 is 2.34 bits per heavy atom. The number of rotatable bonds is 9. The van der Waals surface area contributed by atoms with E-state index in [-0.39, 0.29) is 41.8 Å². The van der Waals surface area contributed by atoms with E-state index in [9.17, 15) is 14.7 Å². The van der Waals surface area contributed by atoms with Crippen molar-refractivity contribution in [1.29, 1.82) is 0 Å². The van der Waals surface area contributed by atoms with E-state index < -0.39 is 0 Å². The van der Waals surface area contributed by atoms with E-state index in [0.717, 1.165) is 37.9 Å². The molecule has 0 bridgehead atoms. The Labute approximate surface area is 244 Å². The van der Waals surface area contributed by atoms with Gasteiger partial charge in [0.25, 0.3) is 0 Å². The molecular weight excluding hydrogens is 516 g/mol. The lowest BCUT2D eigenvalue weighted by molar-refractivity contribution is -0.149. The number of carbonyl (C=O) groups excluding carboxylic acids is 2. The van der Waals surface area contributed by atoms with Gasteiger partial charge in [-0.05, 0) is 113 Å². The molecule has 0 radical (unpaired) electrons. The van der Waals surface area contributed by atoms with E-state index in [1.807, 2.05) is 30.9 Å². The topological polar surface area (TPSA) is 86.2 Å². The molecule has 1 aliphatic heterocycles. The zero-order valence-corrected chi connectivity index (χ0v) is 25.0.